The van der Waals surface area contributed by atoms with Gasteiger partial charge in [0.1, 0.15) is 11.5 Å². The molecule has 0 aliphatic rings. The Morgan fingerprint density at radius 3 is 2.48 bits per heavy atom. The van der Waals surface area contributed by atoms with Crippen LogP contribution in [0.5, 0.6) is 0 Å². The second-order valence-corrected chi connectivity index (χ2v) is 5.93. The topological polar surface area (TPSA) is 134 Å². The maximum Gasteiger partial charge on any atom is 0.374 e. The number of nitro benzene ring substituents is 1. The van der Waals surface area contributed by atoms with Gasteiger partial charge < -0.3 is 13.7 Å². The zero-order chi connectivity index (χ0) is 21.0. The Morgan fingerprint density at radius 2 is 1.86 bits per heavy atom. The number of non-ortho nitro benzene ring substituents is 1. The van der Waals surface area contributed by atoms with E-state index < -0.39 is 29.3 Å². The molecule has 148 valence electrons. The summed E-state index contributed by atoms with van der Waals surface area (Å²) >= 11 is 0. The van der Waals surface area contributed by atoms with Crippen molar-refractivity contribution in [3.05, 3.63) is 76.3 Å². The van der Waals surface area contributed by atoms with Crippen molar-refractivity contribution < 1.29 is 28.5 Å². The fraction of sp³-hybridized carbons (Fsp3) is 0.105. The minimum Gasteiger partial charge on any atom is -0.450 e. The molecule has 0 aliphatic carbocycles. The molecular weight excluding hydrogens is 382 g/mol. The number of amides is 2. The number of nitro groups is 1. The Bertz CT molecular complexity index is 1080. The van der Waals surface area contributed by atoms with E-state index in [4.69, 9.17) is 9.15 Å². The molecule has 10 nitrogen and oxygen atoms in total. The van der Waals surface area contributed by atoms with Gasteiger partial charge in [0.15, 0.2) is 6.61 Å². The van der Waals surface area contributed by atoms with Gasteiger partial charge in [0.05, 0.1) is 4.92 Å². The minimum atomic E-state index is -0.889. The maximum absolute atomic E-state index is 12.0. The van der Waals surface area contributed by atoms with E-state index >= 15 is 0 Å². The summed E-state index contributed by atoms with van der Waals surface area (Å²) in [4.78, 5) is 45.9. The van der Waals surface area contributed by atoms with Gasteiger partial charge in [-0.25, -0.2) is 4.79 Å². The summed E-state index contributed by atoms with van der Waals surface area (Å²) in [6.07, 6.45) is 1.65. The first-order valence-electron chi connectivity index (χ1n) is 8.32. The number of nitrogens with zero attached hydrogens (tertiary/aromatic N) is 2. The van der Waals surface area contributed by atoms with Crippen LogP contribution in [0.2, 0.25) is 0 Å². The summed E-state index contributed by atoms with van der Waals surface area (Å²) in [7, 11) is 1.65. The van der Waals surface area contributed by atoms with Crippen molar-refractivity contribution in [1.29, 1.82) is 0 Å². The number of ether oxygens (including phenoxy) is 1. The molecule has 0 bridgehead atoms. The highest BCUT2D eigenvalue weighted by atomic mass is 16.6. The van der Waals surface area contributed by atoms with Gasteiger partial charge in [-0.05, 0) is 36.4 Å². The van der Waals surface area contributed by atoms with Crippen molar-refractivity contribution in [1.82, 2.24) is 9.88 Å². The molecule has 1 N–H and O–H groups in total. The Hall–Kier alpha value is -4.21. The molecule has 0 aliphatic heterocycles. The number of nitrogens with one attached hydrogen (secondary N) is 1. The van der Waals surface area contributed by atoms with Crippen LogP contribution >= 0.6 is 0 Å². The number of hydrogen-bond acceptors (Lipinski definition) is 7. The molecule has 0 saturated heterocycles. The van der Waals surface area contributed by atoms with E-state index in [1.807, 2.05) is 0 Å². The highest BCUT2D eigenvalue weighted by molar-refractivity contribution is 6.04. The van der Waals surface area contributed by atoms with E-state index in [9.17, 15) is 24.5 Å². The van der Waals surface area contributed by atoms with Gasteiger partial charge in [-0.2, -0.15) is 0 Å². The number of esters is 1. The first-order chi connectivity index (χ1) is 13.8. The number of carbonyl (C=O) groups is 3. The fourth-order valence-electron chi connectivity index (χ4n) is 2.48. The molecule has 0 spiro atoms. The Labute approximate surface area is 163 Å². The quantitative estimate of drug-likeness (QED) is 0.383. The van der Waals surface area contributed by atoms with Crippen LogP contribution in [0.1, 0.15) is 21.0 Å². The summed E-state index contributed by atoms with van der Waals surface area (Å²) in [6, 6.07) is 11.6. The summed E-state index contributed by atoms with van der Waals surface area (Å²) in [6.45, 7) is -0.664. The molecular formula is C19H15N3O7. The molecule has 29 heavy (non-hydrogen) atoms. The molecule has 3 aromatic rings. The summed E-state index contributed by atoms with van der Waals surface area (Å²) < 4.78 is 11.8. The lowest BCUT2D eigenvalue weighted by Crippen LogP contribution is -2.35. The predicted molar refractivity (Wildman–Crippen MR) is 99.0 cm³/mol. The largest absolute Gasteiger partial charge is 0.450 e. The van der Waals surface area contributed by atoms with Crippen molar-refractivity contribution >= 4 is 23.5 Å². The van der Waals surface area contributed by atoms with Crippen molar-refractivity contribution in [3.63, 3.8) is 0 Å². The van der Waals surface area contributed by atoms with Crippen LogP contribution < -0.4 is 5.32 Å². The van der Waals surface area contributed by atoms with Crippen LogP contribution in [0.25, 0.3) is 11.3 Å². The van der Waals surface area contributed by atoms with E-state index in [0.29, 0.717) is 11.3 Å². The third-order valence-electron chi connectivity index (χ3n) is 3.93. The average Bonchev–Trinajstić information content (AvgIpc) is 3.35. The molecule has 0 saturated carbocycles. The van der Waals surface area contributed by atoms with Crippen LogP contribution in [-0.4, -0.2) is 33.9 Å². The molecule has 0 unspecified atom stereocenters. The van der Waals surface area contributed by atoms with E-state index in [2.05, 4.69) is 5.32 Å². The van der Waals surface area contributed by atoms with E-state index in [1.165, 1.54) is 47.0 Å². The molecule has 1 aromatic carbocycles. The normalized spacial score (nSPS) is 10.4. The van der Waals surface area contributed by atoms with Gasteiger partial charge >= 0.3 is 5.97 Å². The Morgan fingerprint density at radius 1 is 1.14 bits per heavy atom. The third-order valence-corrected chi connectivity index (χ3v) is 3.93. The number of aryl methyl sites for hydroxylation is 1. The first-order valence-corrected chi connectivity index (χ1v) is 8.32. The monoisotopic (exact) mass is 397 g/mol. The van der Waals surface area contributed by atoms with Crippen LogP contribution in [-0.2, 0) is 16.6 Å². The lowest BCUT2D eigenvalue weighted by Gasteiger charge is -2.05. The maximum atomic E-state index is 12.0. The van der Waals surface area contributed by atoms with Gasteiger partial charge in [-0.1, -0.05) is 0 Å². The van der Waals surface area contributed by atoms with Gasteiger partial charge in [0.2, 0.25) is 5.76 Å². The Kier molecular flexibility index (Phi) is 5.54. The lowest BCUT2D eigenvalue weighted by molar-refractivity contribution is -0.384. The number of hydrogen-bond donors (Lipinski definition) is 1. The first kappa shape index (κ1) is 19.5. The summed E-state index contributed by atoms with van der Waals surface area (Å²) in [5.41, 5.74) is 0.736. The molecule has 3 rings (SSSR count). The minimum absolute atomic E-state index is 0.0733. The number of imide groups is 1. The average molecular weight is 397 g/mol. The SMILES string of the molecule is Cn1cccc1C(=O)NC(=O)COC(=O)c1ccc(-c2ccc([N+](=O)[O-])cc2)o1. The van der Waals surface area contributed by atoms with Crippen LogP contribution in [0.15, 0.2) is 59.1 Å². The Balaban J connectivity index is 1.56. The van der Waals surface area contributed by atoms with Gasteiger partial charge in [-0.15, -0.1) is 0 Å². The van der Waals surface area contributed by atoms with Crippen molar-refractivity contribution in [2.75, 3.05) is 6.61 Å². The molecule has 2 aromatic heterocycles. The molecule has 10 heteroatoms. The van der Waals surface area contributed by atoms with Crippen LogP contribution in [0, 0.1) is 10.1 Å². The number of carbonyl (C=O) groups excluding carboxylic acids is 3. The summed E-state index contributed by atoms with van der Waals surface area (Å²) in [5, 5.41) is 12.8. The second kappa shape index (κ2) is 8.21. The standard InChI is InChI=1S/C19H15N3O7/c1-21-10-2-3-14(21)18(24)20-17(23)11-28-19(25)16-9-8-15(29-16)12-4-6-13(7-5-12)22(26)27/h2-10H,11H2,1H3,(H,20,23,24). The van der Waals surface area contributed by atoms with E-state index in [1.54, 1.807) is 19.3 Å². The van der Waals surface area contributed by atoms with Gasteiger partial charge in [-0.3, -0.25) is 25.0 Å². The molecule has 2 amide bonds. The molecule has 0 radical (unpaired) electrons. The second-order valence-electron chi connectivity index (χ2n) is 5.93. The van der Waals surface area contributed by atoms with Crippen molar-refractivity contribution in [3.8, 4) is 11.3 Å². The zero-order valence-electron chi connectivity index (χ0n) is 15.2. The van der Waals surface area contributed by atoms with Crippen LogP contribution in [0.3, 0.4) is 0 Å². The molecule has 2 heterocycles. The van der Waals surface area contributed by atoms with Crippen LogP contribution in [0.4, 0.5) is 5.69 Å². The predicted octanol–water partition coefficient (Wildman–Crippen LogP) is 2.31. The van der Waals surface area contributed by atoms with Crippen molar-refractivity contribution in [2.45, 2.75) is 0 Å². The highest BCUT2D eigenvalue weighted by Gasteiger charge is 2.18. The smallest absolute Gasteiger partial charge is 0.374 e. The number of rotatable bonds is 6. The highest BCUT2D eigenvalue weighted by Crippen LogP contribution is 2.24. The van der Waals surface area contributed by atoms with E-state index in [-0.39, 0.29) is 17.1 Å². The number of benzene rings is 1. The van der Waals surface area contributed by atoms with Gasteiger partial charge in [0, 0.05) is 30.9 Å². The third kappa shape index (κ3) is 4.56. The van der Waals surface area contributed by atoms with Crippen molar-refractivity contribution in [2.24, 2.45) is 7.05 Å². The zero-order valence-corrected chi connectivity index (χ0v) is 15.2. The number of aromatic nitrogens is 1. The molecule has 0 atom stereocenters. The molecule has 0 fully saturated rings. The van der Waals surface area contributed by atoms with E-state index in [0.717, 1.165) is 0 Å². The summed E-state index contributed by atoms with van der Waals surface area (Å²) in [5.74, 6) is -2.14. The van der Waals surface area contributed by atoms with Gasteiger partial charge in [0.25, 0.3) is 17.5 Å². The number of furan rings is 1. The fourth-order valence-corrected chi connectivity index (χ4v) is 2.48. The lowest BCUT2D eigenvalue weighted by atomic mass is 10.1.